The standard InChI is InChI=1S/C8H14N2/c1-2-4-7(3-1)8-9-5-6-10-8/h5-10H,1-4H2. The molecule has 0 amide bonds. The molecule has 0 radical (unpaired) electrons. The Labute approximate surface area is 61.7 Å². The van der Waals surface area contributed by atoms with Crippen LogP contribution in [0.4, 0.5) is 0 Å². The van der Waals surface area contributed by atoms with E-state index in [4.69, 9.17) is 0 Å². The van der Waals surface area contributed by atoms with Gasteiger partial charge in [0.1, 0.15) is 0 Å². The van der Waals surface area contributed by atoms with Crippen LogP contribution in [0.5, 0.6) is 0 Å². The lowest BCUT2D eigenvalue weighted by atomic mass is 10.1. The van der Waals surface area contributed by atoms with E-state index in [0.29, 0.717) is 6.17 Å². The molecule has 10 heavy (non-hydrogen) atoms. The summed E-state index contributed by atoms with van der Waals surface area (Å²) in [6.07, 6.45) is 10.2. The fourth-order valence-corrected chi connectivity index (χ4v) is 1.91. The molecule has 0 aromatic heterocycles. The van der Waals surface area contributed by atoms with Crippen LogP contribution in [0, 0.1) is 5.92 Å². The third kappa shape index (κ3) is 0.981. The highest BCUT2D eigenvalue weighted by molar-refractivity contribution is 4.94. The van der Waals surface area contributed by atoms with Crippen molar-refractivity contribution >= 4 is 0 Å². The minimum atomic E-state index is 0.544. The molecule has 0 bridgehead atoms. The van der Waals surface area contributed by atoms with Gasteiger partial charge in [-0.3, -0.25) is 0 Å². The number of nitrogens with one attached hydrogen (secondary N) is 2. The summed E-state index contributed by atoms with van der Waals surface area (Å²) in [6.45, 7) is 0. The van der Waals surface area contributed by atoms with Crippen LogP contribution >= 0.6 is 0 Å². The molecule has 0 saturated heterocycles. The third-order valence-electron chi connectivity index (χ3n) is 2.51. The molecule has 0 aromatic rings. The summed E-state index contributed by atoms with van der Waals surface area (Å²) in [6, 6.07) is 0. The Balaban J connectivity index is 1.87. The maximum atomic E-state index is 3.31. The van der Waals surface area contributed by atoms with Crippen LogP contribution in [0.1, 0.15) is 25.7 Å². The summed E-state index contributed by atoms with van der Waals surface area (Å²) in [5.74, 6) is 0.870. The Bertz CT molecular complexity index is 128. The molecule has 1 heterocycles. The van der Waals surface area contributed by atoms with Gasteiger partial charge in [0.25, 0.3) is 0 Å². The lowest BCUT2D eigenvalue weighted by Crippen LogP contribution is -2.37. The minimum Gasteiger partial charge on any atom is -0.370 e. The van der Waals surface area contributed by atoms with Gasteiger partial charge in [0.15, 0.2) is 0 Å². The minimum absolute atomic E-state index is 0.544. The number of hydrogen-bond acceptors (Lipinski definition) is 2. The van der Waals surface area contributed by atoms with Crippen molar-refractivity contribution in [3.8, 4) is 0 Å². The van der Waals surface area contributed by atoms with E-state index in [9.17, 15) is 0 Å². The molecular weight excluding hydrogens is 124 g/mol. The topological polar surface area (TPSA) is 24.1 Å². The van der Waals surface area contributed by atoms with E-state index in [1.807, 2.05) is 12.4 Å². The maximum absolute atomic E-state index is 3.31. The van der Waals surface area contributed by atoms with Crippen molar-refractivity contribution in [3.05, 3.63) is 12.4 Å². The molecule has 1 aliphatic heterocycles. The number of rotatable bonds is 1. The van der Waals surface area contributed by atoms with E-state index in [1.165, 1.54) is 25.7 Å². The first-order valence-electron chi connectivity index (χ1n) is 4.14. The van der Waals surface area contributed by atoms with Crippen molar-refractivity contribution in [1.82, 2.24) is 10.6 Å². The molecule has 2 rings (SSSR count). The average molecular weight is 138 g/mol. The van der Waals surface area contributed by atoms with Gasteiger partial charge >= 0.3 is 0 Å². The van der Waals surface area contributed by atoms with Gasteiger partial charge < -0.3 is 10.6 Å². The smallest absolute Gasteiger partial charge is 0.0984 e. The third-order valence-corrected chi connectivity index (χ3v) is 2.51. The van der Waals surface area contributed by atoms with E-state index in [1.54, 1.807) is 0 Å². The van der Waals surface area contributed by atoms with Crippen LogP contribution in [0.2, 0.25) is 0 Å². The largest absolute Gasteiger partial charge is 0.370 e. The van der Waals surface area contributed by atoms with Crippen molar-refractivity contribution in [1.29, 1.82) is 0 Å². The van der Waals surface area contributed by atoms with Crippen LogP contribution < -0.4 is 10.6 Å². The fourth-order valence-electron chi connectivity index (χ4n) is 1.91. The zero-order valence-electron chi connectivity index (χ0n) is 6.14. The summed E-state index contributed by atoms with van der Waals surface area (Å²) in [4.78, 5) is 0. The first kappa shape index (κ1) is 6.08. The molecule has 1 fully saturated rings. The molecule has 1 aliphatic carbocycles. The zero-order valence-corrected chi connectivity index (χ0v) is 6.14. The molecule has 2 aliphatic rings. The van der Waals surface area contributed by atoms with Gasteiger partial charge in [-0.05, 0) is 18.8 Å². The average Bonchev–Trinajstić information content (AvgIpc) is 2.59. The van der Waals surface area contributed by atoms with E-state index in [2.05, 4.69) is 10.6 Å². The van der Waals surface area contributed by atoms with Crippen molar-refractivity contribution in [2.75, 3.05) is 0 Å². The van der Waals surface area contributed by atoms with E-state index in [-0.39, 0.29) is 0 Å². The van der Waals surface area contributed by atoms with E-state index >= 15 is 0 Å². The number of hydrogen-bond donors (Lipinski definition) is 2. The normalized spacial score (nSPS) is 26.8. The SMILES string of the molecule is C1=CNC(C2CCCC2)N1. The Morgan fingerprint density at radius 3 is 2.20 bits per heavy atom. The van der Waals surface area contributed by atoms with Crippen LogP contribution in [0.3, 0.4) is 0 Å². The predicted octanol–water partition coefficient (Wildman–Crippen LogP) is 1.17. The van der Waals surface area contributed by atoms with Crippen LogP contribution in [-0.4, -0.2) is 6.17 Å². The Morgan fingerprint density at radius 2 is 1.60 bits per heavy atom. The maximum Gasteiger partial charge on any atom is 0.0984 e. The second-order valence-electron chi connectivity index (χ2n) is 3.19. The first-order chi connectivity index (χ1) is 4.97. The Hall–Kier alpha value is -0.660. The zero-order chi connectivity index (χ0) is 6.81. The van der Waals surface area contributed by atoms with Gasteiger partial charge in [-0.1, -0.05) is 12.8 Å². The molecule has 2 heteroatoms. The molecule has 56 valence electrons. The quantitative estimate of drug-likeness (QED) is 0.568. The summed E-state index contributed by atoms with van der Waals surface area (Å²) in [5.41, 5.74) is 0. The lowest BCUT2D eigenvalue weighted by Gasteiger charge is -2.18. The highest BCUT2D eigenvalue weighted by atomic mass is 15.2. The lowest BCUT2D eigenvalue weighted by molar-refractivity contribution is 0.377. The molecule has 0 unspecified atom stereocenters. The van der Waals surface area contributed by atoms with Crippen LogP contribution in [0.15, 0.2) is 12.4 Å². The van der Waals surface area contributed by atoms with Gasteiger partial charge in [-0.15, -0.1) is 0 Å². The molecule has 0 aromatic carbocycles. The summed E-state index contributed by atoms with van der Waals surface area (Å²) < 4.78 is 0. The molecule has 2 N–H and O–H groups in total. The van der Waals surface area contributed by atoms with E-state index in [0.717, 1.165) is 5.92 Å². The van der Waals surface area contributed by atoms with Crippen LogP contribution in [0.25, 0.3) is 0 Å². The Morgan fingerprint density at radius 1 is 1.00 bits per heavy atom. The summed E-state index contributed by atoms with van der Waals surface area (Å²) >= 11 is 0. The first-order valence-corrected chi connectivity index (χ1v) is 4.14. The van der Waals surface area contributed by atoms with Gasteiger partial charge in [0.2, 0.25) is 0 Å². The predicted molar refractivity (Wildman–Crippen MR) is 41.2 cm³/mol. The molecule has 0 spiro atoms. The highest BCUT2D eigenvalue weighted by Gasteiger charge is 2.24. The van der Waals surface area contributed by atoms with Gasteiger partial charge in [-0.2, -0.15) is 0 Å². The highest BCUT2D eigenvalue weighted by Crippen LogP contribution is 2.27. The van der Waals surface area contributed by atoms with Crippen molar-refractivity contribution in [2.45, 2.75) is 31.8 Å². The van der Waals surface area contributed by atoms with Crippen molar-refractivity contribution < 1.29 is 0 Å². The molecule has 2 nitrogen and oxygen atoms in total. The van der Waals surface area contributed by atoms with Gasteiger partial charge in [0.05, 0.1) is 6.17 Å². The van der Waals surface area contributed by atoms with Crippen molar-refractivity contribution in [2.24, 2.45) is 5.92 Å². The molecular formula is C8H14N2. The monoisotopic (exact) mass is 138 g/mol. The van der Waals surface area contributed by atoms with Gasteiger partial charge in [0, 0.05) is 12.4 Å². The summed E-state index contributed by atoms with van der Waals surface area (Å²) in [5, 5.41) is 6.61. The van der Waals surface area contributed by atoms with Crippen LogP contribution in [-0.2, 0) is 0 Å². The second-order valence-corrected chi connectivity index (χ2v) is 3.19. The summed E-state index contributed by atoms with van der Waals surface area (Å²) in [7, 11) is 0. The molecule has 1 saturated carbocycles. The Kier molecular flexibility index (Phi) is 1.53. The van der Waals surface area contributed by atoms with Gasteiger partial charge in [-0.25, -0.2) is 0 Å². The molecule has 0 atom stereocenters. The van der Waals surface area contributed by atoms with Crippen molar-refractivity contribution in [3.63, 3.8) is 0 Å². The van der Waals surface area contributed by atoms with E-state index < -0.39 is 0 Å². The second kappa shape index (κ2) is 2.52. The fraction of sp³-hybridized carbons (Fsp3) is 0.750.